The fraction of sp³-hybridized carbons (Fsp3) is 0.471. The number of piperidine rings is 1. The predicted molar refractivity (Wildman–Crippen MR) is 86.7 cm³/mol. The number of halogens is 1. The fourth-order valence-corrected chi connectivity index (χ4v) is 3.45. The summed E-state index contributed by atoms with van der Waals surface area (Å²) in [5.74, 6) is 0.794. The first kappa shape index (κ1) is 15.4. The van der Waals surface area contributed by atoms with E-state index in [9.17, 15) is 9.90 Å². The Bertz CT molecular complexity index is 761. The summed E-state index contributed by atoms with van der Waals surface area (Å²) in [7, 11) is 0. The lowest BCUT2D eigenvalue weighted by atomic mass is 9.98. The van der Waals surface area contributed by atoms with Gasteiger partial charge < -0.3 is 14.4 Å². The topological polar surface area (TPSA) is 54.9 Å². The molecule has 22 heavy (non-hydrogen) atoms. The molecule has 0 saturated carbocycles. The van der Waals surface area contributed by atoms with Crippen molar-refractivity contribution in [3.05, 3.63) is 38.7 Å². The molecule has 0 bridgehead atoms. The Hall–Kier alpha value is -1.52. The number of quaternary nitrogens is 1. The van der Waals surface area contributed by atoms with Crippen molar-refractivity contribution in [3.63, 3.8) is 0 Å². The number of benzene rings is 1. The van der Waals surface area contributed by atoms with Crippen molar-refractivity contribution in [2.75, 3.05) is 13.1 Å². The summed E-state index contributed by atoms with van der Waals surface area (Å²) >= 11 is 6.17. The van der Waals surface area contributed by atoms with Crippen LogP contribution in [-0.4, -0.2) is 18.2 Å². The van der Waals surface area contributed by atoms with E-state index in [4.69, 9.17) is 16.0 Å². The number of phenolic OH excluding ortho intramolecular Hbond substituents is 1. The largest absolute Gasteiger partial charge is 0.506 e. The Labute approximate surface area is 134 Å². The van der Waals surface area contributed by atoms with Gasteiger partial charge in [-0.15, -0.1) is 0 Å². The number of phenols is 1. The van der Waals surface area contributed by atoms with Crippen molar-refractivity contribution >= 4 is 22.6 Å². The minimum atomic E-state index is -0.393. The molecule has 2 N–H and O–H groups in total. The number of nitrogens with one attached hydrogen (secondary N) is 1. The maximum atomic E-state index is 11.7. The van der Waals surface area contributed by atoms with E-state index in [-0.39, 0.29) is 5.75 Å². The van der Waals surface area contributed by atoms with E-state index >= 15 is 0 Å². The zero-order valence-corrected chi connectivity index (χ0v) is 13.7. The minimum Gasteiger partial charge on any atom is -0.506 e. The molecule has 0 unspecified atom stereocenters. The van der Waals surface area contributed by atoms with Gasteiger partial charge in [-0.25, -0.2) is 4.79 Å². The van der Waals surface area contributed by atoms with Gasteiger partial charge in [-0.1, -0.05) is 18.5 Å². The van der Waals surface area contributed by atoms with Crippen LogP contribution in [0, 0.1) is 12.8 Å². The first-order chi connectivity index (χ1) is 10.5. The van der Waals surface area contributed by atoms with Crippen LogP contribution in [0.1, 0.15) is 30.9 Å². The molecule has 1 aromatic heterocycles. The van der Waals surface area contributed by atoms with Gasteiger partial charge >= 0.3 is 5.63 Å². The lowest BCUT2D eigenvalue weighted by Crippen LogP contribution is -3.11. The quantitative estimate of drug-likeness (QED) is 0.834. The van der Waals surface area contributed by atoms with Gasteiger partial charge in [0.2, 0.25) is 0 Å². The summed E-state index contributed by atoms with van der Waals surface area (Å²) in [6, 6.07) is 3.12. The number of aromatic hydroxyl groups is 1. The van der Waals surface area contributed by atoms with E-state index in [1.54, 1.807) is 6.07 Å². The van der Waals surface area contributed by atoms with E-state index in [1.165, 1.54) is 23.8 Å². The second kappa shape index (κ2) is 5.94. The first-order valence-electron chi connectivity index (χ1n) is 7.74. The average molecular weight is 323 g/mol. The van der Waals surface area contributed by atoms with Gasteiger partial charge in [0.1, 0.15) is 12.3 Å². The number of rotatable bonds is 2. The lowest BCUT2D eigenvalue weighted by Gasteiger charge is -2.27. The molecule has 4 nitrogen and oxygen atoms in total. The molecule has 0 aliphatic carbocycles. The van der Waals surface area contributed by atoms with Crippen LogP contribution in [0.3, 0.4) is 0 Å². The molecule has 2 aromatic rings. The number of hydrogen-bond acceptors (Lipinski definition) is 3. The molecular weight excluding hydrogens is 302 g/mol. The van der Waals surface area contributed by atoms with Crippen molar-refractivity contribution in [3.8, 4) is 5.75 Å². The summed E-state index contributed by atoms with van der Waals surface area (Å²) < 4.78 is 5.38. The van der Waals surface area contributed by atoms with E-state index in [0.29, 0.717) is 22.7 Å². The van der Waals surface area contributed by atoms with Crippen LogP contribution in [0.2, 0.25) is 5.02 Å². The minimum absolute atomic E-state index is 0.0361. The third-order valence-corrected chi connectivity index (χ3v) is 4.96. The molecule has 2 heterocycles. The van der Waals surface area contributed by atoms with Crippen molar-refractivity contribution < 1.29 is 14.4 Å². The maximum Gasteiger partial charge on any atom is 0.336 e. The fourth-order valence-electron chi connectivity index (χ4n) is 3.23. The summed E-state index contributed by atoms with van der Waals surface area (Å²) in [4.78, 5) is 13.1. The highest BCUT2D eigenvalue weighted by atomic mass is 35.5. The Morgan fingerprint density at radius 1 is 1.36 bits per heavy atom. The van der Waals surface area contributed by atoms with Crippen molar-refractivity contribution in [2.45, 2.75) is 33.2 Å². The smallest absolute Gasteiger partial charge is 0.336 e. The molecule has 118 valence electrons. The zero-order chi connectivity index (χ0) is 15.9. The predicted octanol–water partition coefficient (Wildman–Crippen LogP) is 2.28. The second-order valence-corrected chi connectivity index (χ2v) is 6.83. The van der Waals surface area contributed by atoms with E-state index in [0.717, 1.165) is 30.0 Å². The van der Waals surface area contributed by atoms with Gasteiger partial charge in [0.15, 0.2) is 5.58 Å². The second-order valence-electron chi connectivity index (χ2n) is 6.42. The third kappa shape index (κ3) is 2.85. The van der Waals surface area contributed by atoms with Gasteiger partial charge in [-0.2, -0.15) is 0 Å². The molecule has 0 spiro atoms. The lowest BCUT2D eigenvalue weighted by molar-refractivity contribution is -0.919. The van der Waals surface area contributed by atoms with Crippen molar-refractivity contribution in [1.82, 2.24) is 0 Å². The first-order valence-corrected chi connectivity index (χ1v) is 8.12. The summed E-state index contributed by atoms with van der Waals surface area (Å²) in [6.45, 7) is 6.87. The van der Waals surface area contributed by atoms with Crippen LogP contribution in [0.5, 0.6) is 5.75 Å². The Kier molecular flexibility index (Phi) is 4.15. The molecule has 1 saturated heterocycles. The van der Waals surface area contributed by atoms with Crippen molar-refractivity contribution in [2.24, 2.45) is 5.92 Å². The van der Waals surface area contributed by atoms with E-state index < -0.39 is 5.63 Å². The zero-order valence-electron chi connectivity index (χ0n) is 12.9. The highest BCUT2D eigenvalue weighted by Crippen LogP contribution is 2.34. The standard InChI is InChI=1S/C17H20ClNO3/c1-10-3-5-19(6-4-10)9-13-16(21)14(18)8-12-11(2)7-15(20)22-17(12)13/h7-8,10,21H,3-6,9H2,1-2H3/p+1. The Balaban J connectivity index is 2.07. The maximum absolute atomic E-state index is 11.7. The summed E-state index contributed by atoms with van der Waals surface area (Å²) in [6.07, 6.45) is 2.36. The molecule has 3 rings (SSSR count). The molecular formula is C17H21ClNO3+. The normalized spacial score (nSPS) is 22.1. The van der Waals surface area contributed by atoms with Crippen LogP contribution in [0.25, 0.3) is 11.0 Å². The molecule has 5 heteroatoms. The number of fused-ring (bicyclic) bond motifs is 1. The molecule has 0 amide bonds. The van der Waals surface area contributed by atoms with E-state index in [2.05, 4.69) is 6.92 Å². The van der Waals surface area contributed by atoms with E-state index in [1.807, 2.05) is 6.92 Å². The molecule has 1 fully saturated rings. The van der Waals surface area contributed by atoms with Gasteiger partial charge in [-0.3, -0.25) is 0 Å². The van der Waals surface area contributed by atoms with Crippen LogP contribution in [0.15, 0.2) is 21.3 Å². The van der Waals surface area contributed by atoms with Crippen LogP contribution >= 0.6 is 11.6 Å². The number of likely N-dealkylation sites (tertiary alicyclic amines) is 1. The monoisotopic (exact) mass is 322 g/mol. The van der Waals surface area contributed by atoms with Gasteiger partial charge in [0.05, 0.1) is 23.7 Å². The highest BCUT2D eigenvalue weighted by Gasteiger charge is 2.24. The SMILES string of the molecule is Cc1cc(=O)oc2c(C[NH+]3CCC(C)CC3)c(O)c(Cl)cc12. The summed E-state index contributed by atoms with van der Waals surface area (Å²) in [5.41, 5.74) is 1.54. The number of aryl methyl sites for hydroxylation is 1. The molecule has 0 radical (unpaired) electrons. The van der Waals surface area contributed by atoms with Crippen LogP contribution < -0.4 is 10.5 Å². The Morgan fingerprint density at radius 2 is 2.05 bits per heavy atom. The van der Waals surface area contributed by atoms with Crippen LogP contribution in [-0.2, 0) is 6.54 Å². The van der Waals surface area contributed by atoms with Gasteiger partial charge in [0.25, 0.3) is 0 Å². The molecule has 1 aromatic carbocycles. The molecule has 0 atom stereocenters. The van der Waals surface area contributed by atoms with Crippen LogP contribution in [0.4, 0.5) is 0 Å². The number of hydrogen-bond donors (Lipinski definition) is 2. The average Bonchev–Trinajstić information content (AvgIpc) is 2.47. The highest BCUT2D eigenvalue weighted by molar-refractivity contribution is 6.33. The van der Waals surface area contributed by atoms with Gasteiger partial charge in [-0.05, 0) is 37.3 Å². The molecule has 1 aliphatic rings. The molecule has 1 aliphatic heterocycles. The third-order valence-electron chi connectivity index (χ3n) is 4.67. The van der Waals surface area contributed by atoms with Gasteiger partial charge in [0, 0.05) is 11.5 Å². The summed E-state index contributed by atoms with van der Waals surface area (Å²) in [5, 5.41) is 11.5. The van der Waals surface area contributed by atoms with Crippen molar-refractivity contribution in [1.29, 1.82) is 0 Å². The Morgan fingerprint density at radius 3 is 2.73 bits per heavy atom.